The average Bonchev–Trinajstić information content (AvgIpc) is 2.61. The second-order valence-electron chi connectivity index (χ2n) is 6.91. The van der Waals surface area contributed by atoms with Crippen LogP contribution in [0, 0.1) is 0 Å². The van der Waals surface area contributed by atoms with Crippen LogP contribution in [0.5, 0.6) is 0 Å². The van der Waals surface area contributed by atoms with E-state index in [1.165, 1.54) is 51.9 Å². The maximum atomic E-state index is 4.36. The smallest absolute Gasteiger partial charge is 0.191 e. The number of hydrogen-bond acceptors (Lipinski definition) is 3. The molecule has 0 aromatic carbocycles. The van der Waals surface area contributed by atoms with E-state index in [2.05, 4.69) is 60.0 Å². The van der Waals surface area contributed by atoms with E-state index >= 15 is 0 Å². The van der Waals surface area contributed by atoms with Gasteiger partial charge >= 0.3 is 0 Å². The molecular formula is C20H46IN5. The number of guanidine groups is 1. The molecule has 0 aliphatic carbocycles. The van der Waals surface area contributed by atoms with Gasteiger partial charge in [0.15, 0.2) is 5.96 Å². The SMILES string of the molecule is CCCN(CCC)CCCNC(=NC)NC(C)CCCN(CC)CC.I. The van der Waals surface area contributed by atoms with Gasteiger partial charge in [-0.15, -0.1) is 24.0 Å². The van der Waals surface area contributed by atoms with Crippen molar-refractivity contribution in [3.05, 3.63) is 0 Å². The monoisotopic (exact) mass is 483 g/mol. The van der Waals surface area contributed by atoms with Gasteiger partial charge < -0.3 is 20.4 Å². The summed E-state index contributed by atoms with van der Waals surface area (Å²) in [6, 6.07) is 0.457. The number of hydrogen-bond donors (Lipinski definition) is 2. The lowest BCUT2D eigenvalue weighted by Gasteiger charge is -2.22. The molecule has 0 aliphatic heterocycles. The Hall–Kier alpha value is -0.0800. The summed E-state index contributed by atoms with van der Waals surface area (Å²) in [7, 11) is 1.86. The summed E-state index contributed by atoms with van der Waals surface area (Å²) < 4.78 is 0. The second kappa shape index (κ2) is 19.7. The maximum Gasteiger partial charge on any atom is 0.191 e. The van der Waals surface area contributed by atoms with E-state index in [1.54, 1.807) is 0 Å². The predicted molar refractivity (Wildman–Crippen MR) is 128 cm³/mol. The molecule has 0 aliphatic rings. The van der Waals surface area contributed by atoms with Crippen molar-refractivity contribution in [3.8, 4) is 0 Å². The van der Waals surface area contributed by atoms with Crippen LogP contribution >= 0.6 is 24.0 Å². The molecule has 6 heteroatoms. The van der Waals surface area contributed by atoms with E-state index in [0.29, 0.717) is 6.04 Å². The Balaban J connectivity index is 0. The molecule has 26 heavy (non-hydrogen) atoms. The number of nitrogens with zero attached hydrogens (tertiary/aromatic N) is 3. The van der Waals surface area contributed by atoms with Crippen molar-refractivity contribution in [3.63, 3.8) is 0 Å². The van der Waals surface area contributed by atoms with Gasteiger partial charge in [0.2, 0.25) is 0 Å². The highest BCUT2D eigenvalue weighted by Crippen LogP contribution is 2.00. The summed E-state index contributed by atoms with van der Waals surface area (Å²) in [6.45, 7) is 19.3. The lowest BCUT2D eigenvalue weighted by Crippen LogP contribution is -2.43. The maximum absolute atomic E-state index is 4.36. The summed E-state index contributed by atoms with van der Waals surface area (Å²) in [5, 5.41) is 6.98. The Morgan fingerprint density at radius 3 is 1.96 bits per heavy atom. The third-order valence-electron chi connectivity index (χ3n) is 4.64. The van der Waals surface area contributed by atoms with Crippen LogP contribution in [-0.4, -0.2) is 74.7 Å². The summed E-state index contributed by atoms with van der Waals surface area (Å²) in [4.78, 5) is 9.41. The van der Waals surface area contributed by atoms with Crippen molar-refractivity contribution in [2.24, 2.45) is 4.99 Å². The Kier molecular flexibility index (Phi) is 21.3. The van der Waals surface area contributed by atoms with Gasteiger partial charge in [0, 0.05) is 19.6 Å². The number of aliphatic imine (C=N–C) groups is 1. The molecule has 0 bridgehead atoms. The van der Waals surface area contributed by atoms with Gasteiger partial charge in [-0.05, 0) is 78.3 Å². The van der Waals surface area contributed by atoms with E-state index < -0.39 is 0 Å². The first-order chi connectivity index (χ1) is 12.1. The van der Waals surface area contributed by atoms with Crippen LogP contribution in [0.4, 0.5) is 0 Å². The first kappa shape index (κ1) is 28.1. The molecule has 158 valence electrons. The molecule has 5 nitrogen and oxygen atoms in total. The Morgan fingerprint density at radius 2 is 1.46 bits per heavy atom. The minimum Gasteiger partial charge on any atom is -0.356 e. The zero-order chi connectivity index (χ0) is 18.9. The zero-order valence-electron chi connectivity index (χ0n) is 18.3. The molecule has 2 N–H and O–H groups in total. The third kappa shape index (κ3) is 15.0. The standard InChI is InChI=1S/C20H45N5.HI/c1-7-15-25(16-8-2)18-12-14-22-20(21-6)23-19(5)13-11-17-24(9-3)10-4;/h19H,7-18H2,1-6H3,(H2,21,22,23);1H. The summed E-state index contributed by atoms with van der Waals surface area (Å²) in [5.41, 5.74) is 0. The fourth-order valence-corrected chi connectivity index (χ4v) is 3.14. The minimum atomic E-state index is 0. The summed E-state index contributed by atoms with van der Waals surface area (Å²) in [5.74, 6) is 0.938. The fraction of sp³-hybridized carbons (Fsp3) is 0.950. The molecule has 1 unspecified atom stereocenters. The molecule has 0 heterocycles. The molecule has 0 radical (unpaired) electrons. The molecule has 1 atom stereocenters. The zero-order valence-corrected chi connectivity index (χ0v) is 20.6. The van der Waals surface area contributed by atoms with Gasteiger partial charge in [-0.2, -0.15) is 0 Å². The Labute approximate surface area is 180 Å². The van der Waals surface area contributed by atoms with Crippen molar-refractivity contribution in [2.45, 2.75) is 72.8 Å². The van der Waals surface area contributed by atoms with Crippen LogP contribution in [0.2, 0.25) is 0 Å². The van der Waals surface area contributed by atoms with Crippen LogP contribution in [0.3, 0.4) is 0 Å². The van der Waals surface area contributed by atoms with Gasteiger partial charge in [-0.25, -0.2) is 0 Å². The fourth-order valence-electron chi connectivity index (χ4n) is 3.14. The number of rotatable bonds is 15. The number of nitrogens with one attached hydrogen (secondary N) is 2. The minimum absolute atomic E-state index is 0. The van der Waals surface area contributed by atoms with Crippen molar-refractivity contribution in [1.82, 2.24) is 20.4 Å². The molecular weight excluding hydrogens is 437 g/mol. The highest BCUT2D eigenvalue weighted by molar-refractivity contribution is 14.0. The van der Waals surface area contributed by atoms with Gasteiger partial charge in [0.05, 0.1) is 0 Å². The lowest BCUT2D eigenvalue weighted by molar-refractivity contribution is 0.271. The highest BCUT2D eigenvalue weighted by atomic mass is 127. The molecule has 0 amide bonds. The molecule has 0 spiro atoms. The predicted octanol–water partition coefficient (Wildman–Crippen LogP) is 3.79. The third-order valence-corrected chi connectivity index (χ3v) is 4.64. The molecule has 0 fully saturated rings. The largest absolute Gasteiger partial charge is 0.356 e. The molecule has 0 rings (SSSR count). The molecule has 0 saturated heterocycles. The quantitative estimate of drug-likeness (QED) is 0.161. The van der Waals surface area contributed by atoms with E-state index in [-0.39, 0.29) is 24.0 Å². The van der Waals surface area contributed by atoms with E-state index in [4.69, 9.17) is 0 Å². The topological polar surface area (TPSA) is 42.9 Å². The first-order valence-electron chi connectivity index (χ1n) is 10.5. The molecule has 0 aromatic rings. The van der Waals surface area contributed by atoms with Gasteiger partial charge in [0.25, 0.3) is 0 Å². The van der Waals surface area contributed by atoms with Crippen molar-refractivity contribution in [1.29, 1.82) is 0 Å². The van der Waals surface area contributed by atoms with Gasteiger partial charge in [-0.1, -0.05) is 27.7 Å². The van der Waals surface area contributed by atoms with E-state index in [0.717, 1.165) is 32.0 Å². The first-order valence-corrected chi connectivity index (χ1v) is 10.5. The number of halogens is 1. The highest BCUT2D eigenvalue weighted by Gasteiger charge is 2.07. The van der Waals surface area contributed by atoms with Crippen LogP contribution in [-0.2, 0) is 0 Å². The van der Waals surface area contributed by atoms with Crippen molar-refractivity contribution < 1.29 is 0 Å². The van der Waals surface area contributed by atoms with Crippen LogP contribution in [0.1, 0.15) is 66.7 Å². The Bertz CT molecular complexity index is 315. The van der Waals surface area contributed by atoms with Crippen LogP contribution in [0.15, 0.2) is 4.99 Å². The van der Waals surface area contributed by atoms with E-state index in [9.17, 15) is 0 Å². The average molecular weight is 484 g/mol. The van der Waals surface area contributed by atoms with Gasteiger partial charge in [0.1, 0.15) is 0 Å². The van der Waals surface area contributed by atoms with Crippen molar-refractivity contribution >= 4 is 29.9 Å². The normalized spacial score (nSPS) is 13.0. The van der Waals surface area contributed by atoms with Crippen molar-refractivity contribution in [2.75, 3.05) is 52.9 Å². The summed E-state index contributed by atoms with van der Waals surface area (Å²) >= 11 is 0. The molecule has 0 aromatic heterocycles. The Morgan fingerprint density at radius 1 is 0.885 bits per heavy atom. The van der Waals surface area contributed by atoms with Gasteiger partial charge in [-0.3, -0.25) is 4.99 Å². The van der Waals surface area contributed by atoms with E-state index in [1.807, 2.05) is 7.05 Å². The van der Waals surface area contributed by atoms with Crippen LogP contribution in [0.25, 0.3) is 0 Å². The molecule has 0 saturated carbocycles. The second-order valence-corrected chi connectivity index (χ2v) is 6.91. The lowest BCUT2D eigenvalue weighted by atomic mass is 10.2. The summed E-state index contributed by atoms with van der Waals surface area (Å²) in [6.07, 6.45) is 6.05. The van der Waals surface area contributed by atoms with Crippen LogP contribution < -0.4 is 10.6 Å².